The maximum atomic E-state index is 12.5. The van der Waals surface area contributed by atoms with E-state index in [1.165, 1.54) is 0 Å². The summed E-state index contributed by atoms with van der Waals surface area (Å²) in [7, 11) is -3.51. The van der Waals surface area contributed by atoms with Crippen LogP contribution in [0.2, 0.25) is 0 Å². The Morgan fingerprint density at radius 2 is 2.35 bits per heavy atom. The Labute approximate surface area is 125 Å². The maximum Gasteiger partial charge on any atom is 0.244 e. The fraction of sp³-hybridized carbons (Fsp3) is 0.615. The van der Waals surface area contributed by atoms with Gasteiger partial charge in [-0.2, -0.15) is 11.8 Å². The fourth-order valence-corrected chi connectivity index (χ4v) is 4.68. The van der Waals surface area contributed by atoms with Gasteiger partial charge in [-0.1, -0.05) is 6.92 Å². The van der Waals surface area contributed by atoms with Gasteiger partial charge in [0.05, 0.1) is 0 Å². The van der Waals surface area contributed by atoms with Crippen molar-refractivity contribution in [2.24, 2.45) is 0 Å². The minimum absolute atomic E-state index is 0.0259. The quantitative estimate of drug-likeness (QED) is 0.841. The summed E-state index contributed by atoms with van der Waals surface area (Å²) < 4.78 is 27.8. The van der Waals surface area contributed by atoms with Gasteiger partial charge in [0.2, 0.25) is 10.0 Å². The highest BCUT2D eigenvalue weighted by Crippen LogP contribution is 2.22. The Bertz CT molecular complexity index is 528. The van der Waals surface area contributed by atoms with Gasteiger partial charge >= 0.3 is 0 Å². The van der Waals surface area contributed by atoms with Crippen LogP contribution in [0.25, 0.3) is 0 Å². The molecule has 112 valence electrons. The molecule has 1 aliphatic rings. The zero-order chi connectivity index (χ0) is 14.4. The van der Waals surface area contributed by atoms with E-state index < -0.39 is 10.0 Å². The predicted octanol–water partition coefficient (Wildman–Crippen LogP) is 2.08. The standard InChI is InChI=1S/C13H21N3O2S2/c1-2-7-14-13-12(6-3-8-15-13)20(17,18)16-11-5-4-9-19-10-11/h3,6,8,11,16H,2,4-5,7,9-10H2,1H3,(H,14,15). The van der Waals surface area contributed by atoms with Gasteiger partial charge in [-0.3, -0.25) is 0 Å². The highest BCUT2D eigenvalue weighted by Gasteiger charge is 2.24. The summed E-state index contributed by atoms with van der Waals surface area (Å²) in [5, 5.41) is 3.07. The first-order valence-corrected chi connectivity index (χ1v) is 9.56. The molecule has 0 aromatic carbocycles. The normalized spacial score (nSPS) is 19.8. The van der Waals surface area contributed by atoms with Crippen molar-refractivity contribution >= 4 is 27.6 Å². The van der Waals surface area contributed by atoms with Crippen molar-refractivity contribution in [1.29, 1.82) is 0 Å². The number of nitrogens with one attached hydrogen (secondary N) is 2. The minimum Gasteiger partial charge on any atom is -0.369 e. The van der Waals surface area contributed by atoms with Crippen molar-refractivity contribution in [2.75, 3.05) is 23.4 Å². The summed E-state index contributed by atoms with van der Waals surface area (Å²) >= 11 is 1.80. The number of pyridine rings is 1. The van der Waals surface area contributed by atoms with E-state index in [1.807, 2.05) is 6.92 Å². The number of thioether (sulfide) groups is 1. The van der Waals surface area contributed by atoms with Crippen LogP contribution >= 0.6 is 11.8 Å². The first-order chi connectivity index (χ1) is 9.63. The molecule has 1 aliphatic heterocycles. The van der Waals surface area contributed by atoms with Crippen molar-refractivity contribution < 1.29 is 8.42 Å². The van der Waals surface area contributed by atoms with Gasteiger partial charge in [-0.15, -0.1) is 0 Å². The van der Waals surface area contributed by atoms with E-state index in [0.717, 1.165) is 30.8 Å². The number of nitrogens with zero attached hydrogens (tertiary/aromatic N) is 1. The lowest BCUT2D eigenvalue weighted by molar-refractivity contribution is 0.543. The van der Waals surface area contributed by atoms with Gasteiger partial charge in [0.15, 0.2) is 0 Å². The first-order valence-electron chi connectivity index (χ1n) is 6.92. The Hall–Kier alpha value is -0.790. The van der Waals surface area contributed by atoms with Gasteiger partial charge in [0.25, 0.3) is 0 Å². The largest absolute Gasteiger partial charge is 0.369 e. The second kappa shape index (κ2) is 7.28. The van der Waals surface area contributed by atoms with Crippen molar-refractivity contribution in [3.63, 3.8) is 0 Å². The number of aromatic nitrogens is 1. The molecule has 5 nitrogen and oxygen atoms in total. The lowest BCUT2D eigenvalue weighted by Gasteiger charge is -2.22. The van der Waals surface area contributed by atoms with Crippen molar-refractivity contribution in [1.82, 2.24) is 9.71 Å². The third kappa shape index (κ3) is 4.10. The van der Waals surface area contributed by atoms with Crippen LogP contribution in [0.5, 0.6) is 0 Å². The molecule has 0 bridgehead atoms. The highest BCUT2D eigenvalue weighted by atomic mass is 32.2. The molecule has 0 radical (unpaired) electrons. The van der Waals surface area contributed by atoms with Crippen LogP contribution < -0.4 is 10.0 Å². The van der Waals surface area contributed by atoms with Gasteiger partial charge < -0.3 is 5.32 Å². The molecule has 2 N–H and O–H groups in total. The van der Waals surface area contributed by atoms with E-state index in [0.29, 0.717) is 12.4 Å². The van der Waals surface area contributed by atoms with E-state index in [-0.39, 0.29) is 10.9 Å². The maximum absolute atomic E-state index is 12.5. The molecule has 0 spiro atoms. The number of rotatable bonds is 6. The molecule has 2 heterocycles. The molecule has 20 heavy (non-hydrogen) atoms. The van der Waals surface area contributed by atoms with E-state index >= 15 is 0 Å². The van der Waals surface area contributed by atoms with Gasteiger partial charge in [-0.05, 0) is 37.1 Å². The Balaban J connectivity index is 2.15. The summed E-state index contributed by atoms with van der Waals surface area (Å²) in [6.45, 7) is 2.74. The van der Waals surface area contributed by atoms with Crippen molar-refractivity contribution in [3.8, 4) is 0 Å². The van der Waals surface area contributed by atoms with E-state index in [1.54, 1.807) is 30.1 Å². The molecule has 1 unspecified atom stereocenters. The van der Waals surface area contributed by atoms with Crippen LogP contribution in [0.3, 0.4) is 0 Å². The number of hydrogen-bond donors (Lipinski definition) is 2. The molecular weight excluding hydrogens is 294 g/mol. The second-order valence-electron chi connectivity index (χ2n) is 4.81. The molecule has 2 rings (SSSR count). The summed E-state index contributed by atoms with van der Waals surface area (Å²) in [5.74, 6) is 2.40. The number of sulfonamides is 1. The average molecular weight is 315 g/mol. The van der Waals surface area contributed by atoms with Gasteiger partial charge in [0.1, 0.15) is 10.7 Å². The lowest BCUT2D eigenvalue weighted by atomic mass is 10.2. The van der Waals surface area contributed by atoms with E-state index in [2.05, 4.69) is 15.0 Å². The second-order valence-corrected chi connectivity index (χ2v) is 7.64. The molecule has 7 heteroatoms. The smallest absolute Gasteiger partial charge is 0.244 e. The van der Waals surface area contributed by atoms with Crippen molar-refractivity contribution in [3.05, 3.63) is 18.3 Å². The van der Waals surface area contributed by atoms with Crippen LogP contribution in [0.15, 0.2) is 23.2 Å². The molecule has 0 saturated carbocycles. The van der Waals surface area contributed by atoms with Crippen molar-refractivity contribution in [2.45, 2.75) is 37.1 Å². The van der Waals surface area contributed by atoms with Crippen LogP contribution in [-0.4, -0.2) is 37.5 Å². The summed E-state index contributed by atoms with van der Waals surface area (Å²) in [6.07, 6.45) is 4.49. The van der Waals surface area contributed by atoms with Crippen LogP contribution in [0, 0.1) is 0 Å². The summed E-state index contributed by atoms with van der Waals surface area (Å²) in [4.78, 5) is 4.38. The zero-order valence-corrected chi connectivity index (χ0v) is 13.3. The minimum atomic E-state index is -3.51. The Morgan fingerprint density at radius 3 is 3.05 bits per heavy atom. The van der Waals surface area contributed by atoms with Gasteiger partial charge in [0, 0.05) is 24.5 Å². The first kappa shape index (κ1) is 15.6. The molecule has 0 aliphatic carbocycles. The van der Waals surface area contributed by atoms with Crippen LogP contribution in [0.1, 0.15) is 26.2 Å². The highest BCUT2D eigenvalue weighted by molar-refractivity contribution is 7.99. The SMILES string of the molecule is CCCNc1ncccc1S(=O)(=O)NC1CCCSC1. The topological polar surface area (TPSA) is 71.1 Å². The molecular formula is C13H21N3O2S2. The molecule has 1 saturated heterocycles. The molecule has 1 fully saturated rings. The van der Waals surface area contributed by atoms with Gasteiger partial charge in [-0.25, -0.2) is 18.1 Å². The fourth-order valence-electron chi connectivity index (χ4n) is 2.10. The number of anilines is 1. The molecule has 0 amide bonds. The number of hydrogen-bond acceptors (Lipinski definition) is 5. The van der Waals surface area contributed by atoms with Crippen LogP contribution in [0.4, 0.5) is 5.82 Å². The monoisotopic (exact) mass is 315 g/mol. The molecule has 1 aromatic rings. The van der Waals surface area contributed by atoms with Crippen LogP contribution in [-0.2, 0) is 10.0 Å². The predicted molar refractivity (Wildman–Crippen MR) is 83.7 cm³/mol. The Morgan fingerprint density at radius 1 is 1.50 bits per heavy atom. The molecule has 1 atom stereocenters. The zero-order valence-electron chi connectivity index (χ0n) is 11.6. The Kier molecular flexibility index (Phi) is 5.68. The summed E-state index contributed by atoms with van der Waals surface area (Å²) in [5.41, 5.74) is 0. The van der Waals surface area contributed by atoms with E-state index in [4.69, 9.17) is 0 Å². The third-order valence-electron chi connectivity index (χ3n) is 3.08. The molecule has 1 aromatic heterocycles. The summed E-state index contributed by atoms with van der Waals surface area (Å²) in [6, 6.07) is 3.28. The average Bonchev–Trinajstić information content (AvgIpc) is 2.46. The lowest BCUT2D eigenvalue weighted by Crippen LogP contribution is -2.38. The van der Waals surface area contributed by atoms with E-state index in [9.17, 15) is 8.42 Å². The third-order valence-corrected chi connectivity index (χ3v) is 5.85.